The van der Waals surface area contributed by atoms with Gasteiger partial charge in [-0.2, -0.15) is 13.2 Å². The molecule has 0 atom stereocenters. The van der Waals surface area contributed by atoms with Gasteiger partial charge >= 0.3 is 6.18 Å². The van der Waals surface area contributed by atoms with E-state index < -0.39 is 32.5 Å². The molecule has 9 heteroatoms. The molecule has 0 radical (unpaired) electrons. The first-order valence-electron chi connectivity index (χ1n) is 6.85. The second-order valence-electron chi connectivity index (χ2n) is 5.04. The van der Waals surface area contributed by atoms with Crippen LogP contribution in [0.25, 0.3) is 0 Å². The second kappa shape index (κ2) is 6.86. The van der Waals surface area contributed by atoms with E-state index >= 15 is 0 Å². The Bertz CT molecular complexity index is 808. The average molecular weight is 362 g/mol. The number of benzene rings is 1. The molecule has 0 N–H and O–H groups in total. The Morgan fingerprint density at radius 3 is 2.46 bits per heavy atom. The third-order valence-electron chi connectivity index (χ3n) is 3.36. The van der Waals surface area contributed by atoms with Crippen molar-refractivity contribution in [2.75, 3.05) is 13.6 Å². The van der Waals surface area contributed by atoms with Gasteiger partial charge in [0.15, 0.2) is 0 Å². The van der Waals surface area contributed by atoms with Gasteiger partial charge in [-0.3, -0.25) is 4.98 Å². The minimum absolute atomic E-state index is 0.0259. The fourth-order valence-corrected chi connectivity index (χ4v) is 3.20. The van der Waals surface area contributed by atoms with E-state index in [-0.39, 0.29) is 6.54 Å². The summed E-state index contributed by atoms with van der Waals surface area (Å²) in [6.45, 7) is 0.0259. The number of hydrogen-bond donors (Lipinski definition) is 0. The number of nitrogens with zero attached hydrogens (tertiary/aromatic N) is 2. The molecule has 2 rings (SSSR count). The first-order chi connectivity index (χ1) is 11.1. The standard InChI is InChI=1S/C15H14F4N2O2S/c1-21(9-7-11-4-2-3-8-20-11)24(22,23)12-5-6-14(16)13(10-12)15(17,18)19/h2-6,8,10H,7,9H2,1H3. The Labute approximate surface area is 136 Å². The summed E-state index contributed by atoms with van der Waals surface area (Å²) < 4.78 is 77.1. The highest BCUT2D eigenvalue weighted by Crippen LogP contribution is 2.33. The molecule has 0 unspecified atom stereocenters. The second-order valence-corrected chi connectivity index (χ2v) is 7.08. The van der Waals surface area contributed by atoms with E-state index in [1.54, 1.807) is 24.4 Å². The number of hydrogen-bond acceptors (Lipinski definition) is 3. The van der Waals surface area contributed by atoms with Crippen LogP contribution in [-0.2, 0) is 22.6 Å². The Balaban J connectivity index is 2.23. The molecule has 1 aromatic carbocycles. The smallest absolute Gasteiger partial charge is 0.261 e. The maximum absolute atomic E-state index is 13.3. The third kappa shape index (κ3) is 4.09. The van der Waals surface area contributed by atoms with Crippen LogP contribution in [0.2, 0.25) is 0 Å². The minimum atomic E-state index is -4.97. The molecular formula is C15H14F4N2O2S. The number of sulfonamides is 1. The van der Waals surface area contributed by atoms with Crippen molar-refractivity contribution >= 4 is 10.0 Å². The number of pyridine rings is 1. The van der Waals surface area contributed by atoms with E-state index in [0.29, 0.717) is 24.2 Å². The Morgan fingerprint density at radius 1 is 1.17 bits per heavy atom. The molecule has 24 heavy (non-hydrogen) atoms. The van der Waals surface area contributed by atoms with Crippen molar-refractivity contribution in [1.82, 2.24) is 9.29 Å². The van der Waals surface area contributed by atoms with E-state index in [1.165, 1.54) is 7.05 Å². The lowest BCUT2D eigenvalue weighted by atomic mass is 10.2. The van der Waals surface area contributed by atoms with Gasteiger partial charge in [0.05, 0.1) is 10.5 Å². The van der Waals surface area contributed by atoms with Crippen molar-refractivity contribution in [2.24, 2.45) is 0 Å². The molecule has 0 aliphatic carbocycles. The van der Waals surface area contributed by atoms with Crippen molar-refractivity contribution < 1.29 is 26.0 Å². The lowest BCUT2D eigenvalue weighted by Gasteiger charge is -2.18. The zero-order chi connectivity index (χ0) is 18.0. The normalized spacial score (nSPS) is 12.6. The zero-order valence-corrected chi connectivity index (χ0v) is 13.4. The topological polar surface area (TPSA) is 50.3 Å². The SMILES string of the molecule is CN(CCc1ccccn1)S(=O)(=O)c1ccc(F)c(C(F)(F)F)c1. The monoisotopic (exact) mass is 362 g/mol. The van der Waals surface area contributed by atoms with Crippen molar-refractivity contribution in [3.8, 4) is 0 Å². The fourth-order valence-electron chi connectivity index (χ4n) is 2.00. The molecule has 4 nitrogen and oxygen atoms in total. The van der Waals surface area contributed by atoms with Crippen LogP contribution in [0.5, 0.6) is 0 Å². The van der Waals surface area contributed by atoms with Crippen molar-refractivity contribution in [3.63, 3.8) is 0 Å². The fraction of sp³-hybridized carbons (Fsp3) is 0.267. The van der Waals surface area contributed by atoms with Crippen LogP contribution < -0.4 is 0 Å². The summed E-state index contributed by atoms with van der Waals surface area (Å²) in [6, 6.07) is 6.79. The highest BCUT2D eigenvalue weighted by Gasteiger charge is 2.35. The minimum Gasteiger partial charge on any atom is -0.261 e. The number of halogens is 4. The maximum Gasteiger partial charge on any atom is 0.419 e. The maximum atomic E-state index is 13.3. The van der Waals surface area contributed by atoms with E-state index in [0.717, 1.165) is 10.4 Å². The molecule has 0 spiro atoms. The van der Waals surface area contributed by atoms with Gasteiger partial charge < -0.3 is 0 Å². The molecule has 0 aliphatic heterocycles. The molecule has 0 aliphatic rings. The number of likely N-dealkylation sites (N-methyl/N-ethyl adjacent to an activating group) is 1. The van der Waals surface area contributed by atoms with Crippen LogP contribution >= 0.6 is 0 Å². The first kappa shape index (κ1) is 18.3. The molecule has 0 saturated heterocycles. The van der Waals surface area contributed by atoms with Gasteiger partial charge in [0.2, 0.25) is 10.0 Å². The summed E-state index contributed by atoms with van der Waals surface area (Å²) in [5.74, 6) is -1.52. The largest absolute Gasteiger partial charge is 0.419 e. The molecule has 1 heterocycles. The first-order valence-corrected chi connectivity index (χ1v) is 8.29. The lowest BCUT2D eigenvalue weighted by Crippen LogP contribution is -2.29. The highest BCUT2D eigenvalue weighted by molar-refractivity contribution is 7.89. The van der Waals surface area contributed by atoms with Gasteiger partial charge in [-0.05, 0) is 30.3 Å². The lowest BCUT2D eigenvalue weighted by molar-refractivity contribution is -0.140. The van der Waals surface area contributed by atoms with Crippen LogP contribution in [0.1, 0.15) is 11.3 Å². The van der Waals surface area contributed by atoms with Crippen LogP contribution in [0.15, 0.2) is 47.5 Å². The van der Waals surface area contributed by atoms with E-state index in [2.05, 4.69) is 4.98 Å². The molecule has 0 amide bonds. The van der Waals surface area contributed by atoms with E-state index in [4.69, 9.17) is 0 Å². The quantitative estimate of drug-likeness (QED) is 0.768. The molecular weight excluding hydrogens is 348 g/mol. The molecule has 2 aromatic rings. The van der Waals surface area contributed by atoms with Crippen LogP contribution in [0.3, 0.4) is 0 Å². The average Bonchev–Trinajstić information content (AvgIpc) is 2.52. The predicted octanol–water partition coefficient (Wildman–Crippen LogP) is 3.10. The van der Waals surface area contributed by atoms with Gasteiger partial charge in [0.1, 0.15) is 5.82 Å². The van der Waals surface area contributed by atoms with E-state index in [9.17, 15) is 26.0 Å². The molecule has 0 saturated carbocycles. The molecule has 0 bridgehead atoms. The highest BCUT2D eigenvalue weighted by atomic mass is 32.2. The van der Waals surface area contributed by atoms with Crippen molar-refractivity contribution in [1.29, 1.82) is 0 Å². The zero-order valence-electron chi connectivity index (χ0n) is 12.6. The number of rotatable bonds is 5. The van der Waals surface area contributed by atoms with Gasteiger partial charge in [-0.25, -0.2) is 17.1 Å². The van der Waals surface area contributed by atoms with Gasteiger partial charge in [-0.1, -0.05) is 6.07 Å². The van der Waals surface area contributed by atoms with Gasteiger partial charge in [0, 0.05) is 31.9 Å². The molecule has 1 aromatic heterocycles. The summed E-state index contributed by atoms with van der Waals surface area (Å²) >= 11 is 0. The third-order valence-corrected chi connectivity index (χ3v) is 5.21. The Hall–Kier alpha value is -2.00. The summed E-state index contributed by atoms with van der Waals surface area (Å²) in [5, 5.41) is 0. The number of alkyl halides is 3. The molecule has 0 fully saturated rings. The van der Waals surface area contributed by atoms with Gasteiger partial charge in [0.25, 0.3) is 0 Å². The van der Waals surface area contributed by atoms with Crippen molar-refractivity contribution in [2.45, 2.75) is 17.5 Å². The summed E-state index contributed by atoms with van der Waals surface area (Å²) in [4.78, 5) is 3.43. The number of aromatic nitrogens is 1. The Kier molecular flexibility index (Phi) is 5.24. The van der Waals surface area contributed by atoms with Gasteiger partial charge in [-0.15, -0.1) is 0 Å². The van der Waals surface area contributed by atoms with Crippen LogP contribution in [0, 0.1) is 5.82 Å². The molecule has 130 valence electrons. The van der Waals surface area contributed by atoms with E-state index in [1.807, 2.05) is 0 Å². The van der Waals surface area contributed by atoms with Crippen LogP contribution in [-0.4, -0.2) is 31.3 Å². The Morgan fingerprint density at radius 2 is 1.88 bits per heavy atom. The summed E-state index contributed by atoms with van der Waals surface area (Å²) in [7, 11) is -2.92. The summed E-state index contributed by atoms with van der Waals surface area (Å²) in [6.07, 6.45) is -3.12. The predicted molar refractivity (Wildman–Crippen MR) is 79.2 cm³/mol. The van der Waals surface area contributed by atoms with Crippen LogP contribution in [0.4, 0.5) is 17.6 Å². The van der Waals surface area contributed by atoms with Crippen molar-refractivity contribution in [3.05, 3.63) is 59.7 Å². The summed E-state index contributed by atoms with van der Waals surface area (Å²) in [5.41, 5.74) is -0.962.